The molecule has 5 rings (SSSR count). The Morgan fingerprint density at radius 3 is 2.20 bits per heavy atom. The largest absolute Gasteiger partial charge is 0.411 e. The van der Waals surface area contributed by atoms with Crippen LogP contribution in [0.3, 0.4) is 0 Å². The Morgan fingerprint density at radius 2 is 1.52 bits per heavy atom. The molecule has 0 bridgehead atoms. The number of nitrogens with zero attached hydrogens (tertiary/aromatic N) is 3. The molecule has 0 saturated heterocycles. The lowest BCUT2D eigenvalue weighted by Gasteiger charge is -2.31. The third-order valence-corrected chi connectivity index (χ3v) is 7.21. The molecule has 10 heteroatoms. The van der Waals surface area contributed by atoms with Crippen LogP contribution >= 0.6 is 0 Å². The fraction of sp³-hybridized carbons (Fsp3) is 0.206. The van der Waals surface area contributed by atoms with Crippen LogP contribution in [0.25, 0.3) is 27.7 Å². The summed E-state index contributed by atoms with van der Waals surface area (Å²) in [4.78, 5) is 33.6. The van der Waals surface area contributed by atoms with Crippen LogP contribution in [0.4, 0.5) is 17.6 Å². The number of rotatable bonds is 10. The average Bonchev–Trinajstić information content (AvgIpc) is 3.01. The van der Waals surface area contributed by atoms with Gasteiger partial charge in [0.15, 0.2) is 0 Å². The third-order valence-electron chi connectivity index (χ3n) is 7.21. The number of fused-ring (bicyclic) bond motifs is 1. The first-order chi connectivity index (χ1) is 21.1. The lowest BCUT2D eigenvalue weighted by molar-refractivity contribution is -0.175. The number of halogens is 4. The van der Waals surface area contributed by atoms with Crippen molar-refractivity contribution < 1.29 is 27.1 Å². The molecule has 0 saturated carbocycles. The summed E-state index contributed by atoms with van der Waals surface area (Å²) in [5.74, 6) is -0.723. The molecule has 0 aliphatic rings. The quantitative estimate of drug-likeness (QED) is 0.129. The van der Waals surface area contributed by atoms with Gasteiger partial charge in [-0.2, -0.15) is 13.2 Å². The molecule has 44 heavy (non-hydrogen) atoms. The number of benzene rings is 4. The van der Waals surface area contributed by atoms with Crippen molar-refractivity contribution in [3.05, 3.63) is 131 Å². The van der Waals surface area contributed by atoms with E-state index in [0.29, 0.717) is 22.2 Å². The number of ether oxygens (including phenoxy) is 1. The summed E-state index contributed by atoms with van der Waals surface area (Å²) in [5, 5.41) is 0.317. The lowest BCUT2D eigenvalue weighted by atomic mass is 10.0. The maximum atomic E-state index is 13.8. The van der Waals surface area contributed by atoms with Crippen molar-refractivity contribution in [1.82, 2.24) is 14.5 Å². The van der Waals surface area contributed by atoms with Crippen LogP contribution < -0.4 is 5.56 Å². The Hall–Kier alpha value is -4.83. The summed E-state index contributed by atoms with van der Waals surface area (Å²) >= 11 is 0. The van der Waals surface area contributed by atoms with Gasteiger partial charge in [-0.1, -0.05) is 66.7 Å². The zero-order chi connectivity index (χ0) is 31.3. The van der Waals surface area contributed by atoms with Gasteiger partial charge in [-0.25, -0.2) is 9.37 Å². The highest BCUT2D eigenvalue weighted by molar-refractivity contribution is 5.80. The van der Waals surface area contributed by atoms with Gasteiger partial charge in [-0.3, -0.25) is 14.2 Å². The summed E-state index contributed by atoms with van der Waals surface area (Å²) in [6, 6.07) is 28.3. The smallest absolute Gasteiger partial charge is 0.370 e. The van der Waals surface area contributed by atoms with Gasteiger partial charge in [0.2, 0.25) is 5.91 Å². The number of amides is 1. The molecular formula is C34H29F4N3O3. The van der Waals surface area contributed by atoms with E-state index in [2.05, 4.69) is 0 Å². The number of carbonyl (C=O) groups is 1. The van der Waals surface area contributed by atoms with Gasteiger partial charge in [-0.05, 0) is 60.0 Å². The molecule has 0 unspecified atom stereocenters. The molecule has 0 N–H and O–H groups in total. The van der Waals surface area contributed by atoms with Crippen molar-refractivity contribution in [2.24, 2.45) is 0 Å². The van der Waals surface area contributed by atoms with Gasteiger partial charge in [0.05, 0.1) is 35.7 Å². The van der Waals surface area contributed by atoms with Crippen LogP contribution in [-0.4, -0.2) is 46.3 Å². The average molecular weight is 604 g/mol. The molecule has 1 amide bonds. The van der Waals surface area contributed by atoms with E-state index in [1.807, 2.05) is 54.6 Å². The first-order valence-electron chi connectivity index (χ1n) is 14.0. The molecule has 5 aromatic rings. The van der Waals surface area contributed by atoms with Crippen molar-refractivity contribution in [3.63, 3.8) is 0 Å². The fourth-order valence-corrected chi connectivity index (χ4v) is 5.02. The van der Waals surface area contributed by atoms with Crippen LogP contribution in [0.1, 0.15) is 24.4 Å². The maximum Gasteiger partial charge on any atom is 0.411 e. The first-order valence-corrected chi connectivity index (χ1v) is 14.0. The van der Waals surface area contributed by atoms with Crippen molar-refractivity contribution >= 4 is 16.8 Å². The Morgan fingerprint density at radius 1 is 0.886 bits per heavy atom. The lowest BCUT2D eigenvalue weighted by Crippen LogP contribution is -2.40. The fourth-order valence-electron chi connectivity index (χ4n) is 5.02. The zero-order valence-electron chi connectivity index (χ0n) is 23.8. The summed E-state index contributed by atoms with van der Waals surface area (Å²) in [6.45, 7) is -0.392. The number of aromatic nitrogens is 2. The van der Waals surface area contributed by atoms with Crippen LogP contribution in [0.2, 0.25) is 0 Å². The van der Waals surface area contributed by atoms with Crippen molar-refractivity contribution in [2.45, 2.75) is 25.6 Å². The summed E-state index contributed by atoms with van der Waals surface area (Å²) in [5.41, 5.74) is 2.97. The van der Waals surface area contributed by atoms with E-state index < -0.39 is 42.7 Å². The summed E-state index contributed by atoms with van der Waals surface area (Å²) in [7, 11) is 0. The molecular weight excluding hydrogens is 574 g/mol. The van der Waals surface area contributed by atoms with Gasteiger partial charge in [0.1, 0.15) is 18.2 Å². The second kappa shape index (κ2) is 13.2. The number of alkyl halides is 3. The van der Waals surface area contributed by atoms with E-state index >= 15 is 0 Å². The van der Waals surface area contributed by atoms with Crippen LogP contribution in [0.5, 0.6) is 0 Å². The highest BCUT2D eigenvalue weighted by Crippen LogP contribution is 2.25. The number of hydrogen-bond acceptors (Lipinski definition) is 4. The Balaban J connectivity index is 1.50. The highest BCUT2D eigenvalue weighted by atomic mass is 19.4. The van der Waals surface area contributed by atoms with E-state index in [-0.39, 0.29) is 18.8 Å². The molecule has 4 aromatic carbocycles. The predicted octanol–water partition coefficient (Wildman–Crippen LogP) is 6.90. The second-order valence-corrected chi connectivity index (χ2v) is 10.3. The predicted molar refractivity (Wildman–Crippen MR) is 160 cm³/mol. The molecule has 6 nitrogen and oxygen atoms in total. The van der Waals surface area contributed by atoms with Gasteiger partial charge in [-0.15, -0.1) is 0 Å². The molecule has 0 aliphatic carbocycles. The van der Waals surface area contributed by atoms with Crippen LogP contribution in [0.15, 0.2) is 108 Å². The normalized spacial score (nSPS) is 12.3. The van der Waals surface area contributed by atoms with Gasteiger partial charge in [0, 0.05) is 6.54 Å². The van der Waals surface area contributed by atoms with Crippen LogP contribution in [0, 0.1) is 5.82 Å². The van der Waals surface area contributed by atoms with Crippen LogP contribution in [-0.2, 0) is 16.0 Å². The molecule has 226 valence electrons. The maximum absolute atomic E-state index is 13.8. The number of hydrogen-bond donors (Lipinski definition) is 0. The minimum absolute atomic E-state index is 0.0486. The summed E-state index contributed by atoms with van der Waals surface area (Å²) < 4.78 is 58.3. The standard InChI is InChI=1S/C34H29F4N3O3/c1-23(32-39-30-10-6-5-9-29(30)33(43)41(32)28-17-15-27(35)16-18-28)40(19-20-44-22-34(36,37)38)31(42)21-24-11-13-26(14-12-24)25-7-3-2-4-8-25/h2-18,23H,19-22H2,1H3/t23-/m1/s1. The molecule has 1 heterocycles. The number of carbonyl (C=O) groups excluding carboxylic acids is 1. The van der Waals surface area contributed by atoms with E-state index in [9.17, 15) is 27.2 Å². The molecule has 0 fully saturated rings. The van der Waals surface area contributed by atoms with E-state index in [1.165, 1.54) is 33.7 Å². The van der Waals surface area contributed by atoms with Crippen molar-refractivity contribution in [1.29, 1.82) is 0 Å². The number of para-hydroxylation sites is 1. The Labute approximate surface area is 251 Å². The second-order valence-electron chi connectivity index (χ2n) is 10.3. The first kappa shape index (κ1) is 30.6. The van der Waals surface area contributed by atoms with Crippen molar-refractivity contribution in [3.8, 4) is 16.8 Å². The SMILES string of the molecule is C[C@H](c1nc2ccccc2c(=O)n1-c1ccc(F)cc1)N(CCOCC(F)(F)F)C(=O)Cc1ccc(-c2ccccc2)cc1. The minimum Gasteiger partial charge on any atom is -0.370 e. The monoisotopic (exact) mass is 603 g/mol. The molecule has 1 atom stereocenters. The molecule has 0 aliphatic heterocycles. The summed E-state index contributed by atoms with van der Waals surface area (Å²) in [6.07, 6.45) is -4.57. The third kappa shape index (κ3) is 7.20. The topological polar surface area (TPSA) is 64.4 Å². The van der Waals surface area contributed by atoms with E-state index in [4.69, 9.17) is 9.72 Å². The Bertz CT molecular complexity index is 1790. The van der Waals surface area contributed by atoms with Crippen molar-refractivity contribution in [2.75, 3.05) is 19.8 Å². The Kier molecular flexibility index (Phi) is 9.20. The molecule has 0 radical (unpaired) electrons. The molecule has 1 aromatic heterocycles. The van der Waals surface area contributed by atoms with Gasteiger partial charge >= 0.3 is 6.18 Å². The van der Waals surface area contributed by atoms with Gasteiger partial charge < -0.3 is 9.64 Å². The zero-order valence-corrected chi connectivity index (χ0v) is 23.8. The highest BCUT2D eigenvalue weighted by Gasteiger charge is 2.29. The van der Waals surface area contributed by atoms with Gasteiger partial charge in [0.25, 0.3) is 5.56 Å². The van der Waals surface area contributed by atoms with E-state index in [0.717, 1.165) is 11.1 Å². The minimum atomic E-state index is -4.52. The van der Waals surface area contributed by atoms with E-state index in [1.54, 1.807) is 31.2 Å². The molecule has 0 spiro atoms.